The number of carbonyl (C=O) groups excluding carboxylic acids is 1. The molecule has 0 saturated carbocycles. The molecule has 0 bridgehead atoms. The third-order valence-electron chi connectivity index (χ3n) is 3.39. The molecule has 0 saturated heterocycles. The first kappa shape index (κ1) is 16.8. The van der Waals surface area contributed by atoms with Crippen LogP contribution in [0.3, 0.4) is 0 Å². The lowest BCUT2D eigenvalue weighted by molar-refractivity contribution is -0.115. The molecule has 22 heavy (non-hydrogen) atoms. The van der Waals surface area contributed by atoms with E-state index in [-0.39, 0.29) is 18.5 Å². The van der Waals surface area contributed by atoms with Crippen molar-refractivity contribution in [2.75, 3.05) is 11.9 Å². The van der Waals surface area contributed by atoms with Crippen LogP contribution in [0.4, 0.5) is 5.69 Å². The maximum Gasteiger partial charge on any atom is 0.238 e. The Morgan fingerprint density at radius 2 is 1.82 bits per heavy atom. The Morgan fingerprint density at radius 1 is 1.14 bits per heavy atom. The summed E-state index contributed by atoms with van der Waals surface area (Å²) >= 11 is 11.9. The Balaban J connectivity index is 1.86. The molecule has 2 aromatic rings. The highest BCUT2D eigenvalue weighted by Crippen LogP contribution is 2.20. The Kier molecular flexibility index (Phi) is 5.83. The second-order valence-electron chi connectivity index (χ2n) is 5.17. The molecule has 0 heterocycles. The van der Waals surface area contributed by atoms with Gasteiger partial charge in [0.1, 0.15) is 0 Å². The number of amides is 1. The molecule has 3 nitrogen and oxygen atoms in total. The van der Waals surface area contributed by atoms with Gasteiger partial charge in [-0.05, 0) is 49.2 Å². The highest BCUT2D eigenvalue weighted by Gasteiger charge is 2.08. The molecule has 5 heteroatoms. The van der Waals surface area contributed by atoms with Crippen LogP contribution in [-0.4, -0.2) is 12.5 Å². The molecule has 116 valence electrons. The number of halogens is 2. The van der Waals surface area contributed by atoms with Gasteiger partial charge in [0.25, 0.3) is 0 Å². The van der Waals surface area contributed by atoms with Crippen LogP contribution in [0, 0.1) is 6.92 Å². The highest BCUT2D eigenvalue weighted by atomic mass is 35.5. The number of hydrogen-bond acceptors (Lipinski definition) is 2. The van der Waals surface area contributed by atoms with Crippen LogP contribution < -0.4 is 10.6 Å². The quantitative estimate of drug-likeness (QED) is 0.838. The summed E-state index contributed by atoms with van der Waals surface area (Å²) in [7, 11) is 0. The van der Waals surface area contributed by atoms with Crippen LogP contribution in [0.15, 0.2) is 42.5 Å². The van der Waals surface area contributed by atoms with Crippen LogP contribution in [0.2, 0.25) is 10.0 Å². The Morgan fingerprint density at radius 3 is 2.45 bits per heavy atom. The number of carbonyl (C=O) groups is 1. The topological polar surface area (TPSA) is 41.1 Å². The maximum atomic E-state index is 12.0. The molecule has 2 N–H and O–H groups in total. The zero-order valence-corrected chi connectivity index (χ0v) is 14.0. The normalized spacial score (nSPS) is 12.0. The van der Waals surface area contributed by atoms with E-state index in [9.17, 15) is 4.79 Å². The molecule has 0 fully saturated rings. The van der Waals surface area contributed by atoms with Gasteiger partial charge in [0.15, 0.2) is 0 Å². The Labute approximate surface area is 140 Å². The van der Waals surface area contributed by atoms with Gasteiger partial charge in [-0.15, -0.1) is 0 Å². The lowest BCUT2D eigenvalue weighted by Crippen LogP contribution is -2.30. The third kappa shape index (κ3) is 4.73. The molecule has 0 spiro atoms. The molecule has 0 aliphatic heterocycles. The monoisotopic (exact) mass is 336 g/mol. The summed E-state index contributed by atoms with van der Waals surface area (Å²) in [5.41, 5.74) is 2.76. The van der Waals surface area contributed by atoms with E-state index >= 15 is 0 Å². The van der Waals surface area contributed by atoms with Gasteiger partial charge in [-0.3, -0.25) is 4.79 Å². The predicted molar refractivity (Wildman–Crippen MR) is 92.7 cm³/mol. The van der Waals surface area contributed by atoms with Crippen molar-refractivity contribution < 1.29 is 4.79 Å². The van der Waals surface area contributed by atoms with E-state index in [1.54, 1.807) is 6.07 Å². The van der Waals surface area contributed by atoms with Crippen LogP contribution in [-0.2, 0) is 4.79 Å². The van der Waals surface area contributed by atoms with Gasteiger partial charge >= 0.3 is 0 Å². The first-order valence-corrected chi connectivity index (χ1v) is 7.76. The van der Waals surface area contributed by atoms with Crippen molar-refractivity contribution in [2.24, 2.45) is 0 Å². The minimum Gasteiger partial charge on any atom is -0.325 e. The van der Waals surface area contributed by atoms with Crippen LogP contribution in [0.5, 0.6) is 0 Å². The molecule has 0 aliphatic rings. The van der Waals surface area contributed by atoms with Crippen LogP contribution in [0.1, 0.15) is 24.1 Å². The minimum atomic E-state index is -0.110. The van der Waals surface area contributed by atoms with Crippen molar-refractivity contribution in [1.82, 2.24) is 5.32 Å². The standard InChI is InChI=1S/C17H18Cl2N2O/c1-11-3-8-15(9-16(11)19)21-17(22)10-20-12(2)13-4-6-14(18)7-5-13/h3-9,12,20H,10H2,1-2H3,(H,21,22)/t12-/m1/s1. The highest BCUT2D eigenvalue weighted by molar-refractivity contribution is 6.31. The van der Waals surface area contributed by atoms with Crippen molar-refractivity contribution in [3.05, 3.63) is 63.6 Å². The van der Waals surface area contributed by atoms with Gasteiger partial charge < -0.3 is 10.6 Å². The van der Waals surface area contributed by atoms with E-state index in [2.05, 4.69) is 10.6 Å². The lowest BCUT2D eigenvalue weighted by atomic mass is 10.1. The van der Waals surface area contributed by atoms with Gasteiger partial charge in [0, 0.05) is 21.8 Å². The van der Waals surface area contributed by atoms with Crippen molar-refractivity contribution in [3.8, 4) is 0 Å². The molecule has 0 aliphatic carbocycles. The average molecular weight is 337 g/mol. The first-order chi connectivity index (χ1) is 10.5. The molecule has 2 aromatic carbocycles. The van der Waals surface area contributed by atoms with E-state index in [4.69, 9.17) is 23.2 Å². The molecular weight excluding hydrogens is 319 g/mol. The van der Waals surface area contributed by atoms with E-state index in [0.29, 0.717) is 15.7 Å². The van der Waals surface area contributed by atoms with Gasteiger partial charge in [-0.1, -0.05) is 41.4 Å². The van der Waals surface area contributed by atoms with Crippen molar-refractivity contribution in [3.63, 3.8) is 0 Å². The largest absolute Gasteiger partial charge is 0.325 e. The van der Waals surface area contributed by atoms with Gasteiger partial charge in [-0.25, -0.2) is 0 Å². The smallest absolute Gasteiger partial charge is 0.238 e. The molecule has 0 radical (unpaired) electrons. The molecular formula is C17H18Cl2N2O. The van der Waals surface area contributed by atoms with Crippen LogP contribution >= 0.6 is 23.2 Å². The summed E-state index contributed by atoms with van der Waals surface area (Å²) in [5.74, 6) is -0.110. The SMILES string of the molecule is Cc1ccc(NC(=O)CN[C@H](C)c2ccc(Cl)cc2)cc1Cl. The Bertz CT molecular complexity index is 656. The molecule has 0 unspecified atom stereocenters. The summed E-state index contributed by atoms with van der Waals surface area (Å²) in [6.07, 6.45) is 0. The summed E-state index contributed by atoms with van der Waals surface area (Å²) in [5, 5.41) is 7.33. The number of hydrogen-bond donors (Lipinski definition) is 2. The number of rotatable bonds is 5. The predicted octanol–water partition coefficient (Wildman–Crippen LogP) is 4.59. The average Bonchev–Trinajstić information content (AvgIpc) is 2.49. The van der Waals surface area contributed by atoms with E-state index in [1.165, 1.54) is 0 Å². The molecule has 1 atom stereocenters. The third-order valence-corrected chi connectivity index (χ3v) is 4.05. The van der Waals surface area contributed by atoms with Gasteiger partial charge in [-0.2, -0.15) is 0 Å². The molecule has 0 aromatic heterocycles. The Hall–Kier alpha value is -1.55. The number of aryl methyl sites for hydroxylation is 1. The van der Waals surface area contributed by atoms with E-state index in [0.717, 1.165) is 11.1 Å². The fourth-order valence-corrected chi connectivity index (χ4v) is 2.30. The summed E-state index contributed by atoms with van der Waals surface area (Å²) in [6.45, 7) is 4.14. The lowest BCUT2D eigenvalue weighted by Gasteiger charge is -2.14. The van der Waals surface area contributed by atoms with Crippen LogP contribution in [0.25, 0.3) is 0 Å². The second kappa shape index (κ2) is 7.63. The summed E-state index contributed by atoms with van der Waals surface area (Å²) < 4.78 is 0. The number of anilines is 1. The van der Waals surface area contributed by atoms with Crippen molar-refractivity contribution >= 4 is 34.8 Å². The van der Waals surface area contributed by atoms with Crippen molar-refractivity contribution in [2.45, 2.75) is 19.9 Å². The summed E-state index contributed by atoms with van der Waals surface area (Å²) in [4.78, 5) is 12.0. The molecule has 2 rings (SSSR count). The van der Waals surface area contributed by atoms with E-state index < -0.39 is 0 Å². The fraction of sp³-hybridized carbons (Fsp3) is 0.235. The first-order valence-electron chi connectivity index (χ1n) is 7.00. The zero-order valence-electron chi connectivity index (χ0n) is 12.5. The van der Waals surface area contributed by atoms with Crippen molar-refractivity contribution in [1.29, 1.82) is 0 Å². The maximum absolute atomic E-state index is 12.0. The fourth-order valence-electron chi connectivity index (χ4n) is 1.99. The number of benzene rings is 2. The van der Waals surface area contributed by atoms with Gasteiger partial charge in [0.05, 0.1) is 6.54 Å². The molecule has 1 amide bonds. The zero-order chi connectivity index (χ0) is 16.1. The van der Waals surface area contributed by atoms with Gasteiger partial charge in [0.2, 0.25) is 5.91 Å². The number of nitrogens with one attached hydrogen (secondary N) is 2. The summed E-state index contributed by atoms with van der Waals surface area (Å²) in [6, 6.07) is 13.1. The second-order valence-corrected chi connectivity index (χ2v) is 6.01. The minimum absolute atomic E-state index is 0.0598. The van der Waals surface area contributed by atoms with E-state index in [1.807, 2.05) is 50.2 Å².